The fourth-order valence-corrected chi connectivity index (χ4v) is 1.85. The summed E-state index contributed by atoms with van der Waals surface area (Å²) in [4.78, 5) is 11.0. The maximum atomic E-state index is 11.0. The third kappa shape index (κ3) is 1.73. The van der Waals surface area contributed by atoms with Crippen molar-refractivity contribution in [2.75, 3.05) is 0 Å². The molecule has 0 saturated carbocycles. The van der Waals surface area contributed by atoms with E-state index in [1.807, 2.05) is 0 Å². The number of carbonyl (C=O) groups excluding carboxylic acids is 1. The number of carbonyl (C=O) groups is 1. The Balaban J connectivity index is 2.67. The lowest BCUT2D eigenvalue weighted by atomic mass is 9.77. The largest absolute Gasteiger partial charge is 0.353 e. The summed E-state index contributed by atoms with van der Waals surface area (Å²) < 4.78 is 0. The lowest BCUT2D eigenvalue weighted by Crippen LogP contribution is -2.31. The summed E-state index contributed by atoms with van der Waals surface area (Å²) in [6, 6.07) is 0.350. The van der Waals surface area contributed by atoms with Crippen LogP contribution in [0.25, 0.3) is 0 Å². The van der Waals surface area contributed by atoms with Gasteiger partial charge in [-0.3, -0.25) is 4.79 Å². The van der Waals surface area contributed by atoms with Gasteiger partial charge in [0.15, 0.2) is 0 Å². The molecule has 2 unspecified atom stereocenters. The van der Waals surface area contributed by atoms with Crippen molar-refractivity contribution in [2.24, 2.45) is 11.3 Å². The molecule has 0 aromatic rings. The van der Waals surface area contributed by atoms with E-state index in [2.05, 4.69) is 33.0 Å². The molecule has 0 radical (unpaired) electrons. The summed E-state index contributed by atoms with van der Waals surface area (Å²) in [5.41, 5.74) is 0.249. The Hall–Kier alpha value is -0.530. The van der Waals surface area contributed by atoms with E-state index >= 15 is 0 Å². The van der Waals surface area contributed by atoms with Crippen molar-refractivity contribution in [3.63, 3.8) is 0 Å². The number of hydrogen-bond acceptors (Lipinski definition) is 1. The van der Waals surface area contributed by atoms with Crippen LogP contribution < -0.4 is 5.32 Å². The van der Waals surface area contributed by atoms with Gasteiger partial charge in [-0.1, -0.05) is 20.8 Å². The van der Waals surface area contributed by atoms with Gasteiger partial charge in [-0.2, -0.15) is 0 Å². The maximum absolute atomic E-state index is 11.0. The zero-order chi connectivity index (χ0) is 8.65. The second-order valence-electron chi connectivity index (χ2n) is 4.53. The molecule has 0 spiro atoms. The molecule has 64 valence electrons. The van der Waals surface area contributed by atoms with Crippen LogP contribution in [0.2, 0.25) is 0 Å². The number of nitrogens with one attached hydrogen (secondary N) is 1. The van der Waals surface area contributed by atoms with Gasteiger partial charge >= 0.3 is 0 Å². The summed E-state index contributed by atoms with van der Waals surface area (Å²) in [5.74, 6) is 0.701. The Morgan fingerprint density at radius 1 is 1.45 bits per heavy atom. The number of rotatable bonds is 0. The van der Waals surface area contributed by atoms with Crippen molar-refractivity contribution in [2.45, 2.75) is 40.2 Å². The molecule has 2 heteroatoms. The molecule has 2 nitrogen and oxygen atoms in total. The van der Waals surface area contributed by atoms with Crippen LogP contribution in [0.3, 0.4) is 0 Å². The van der Waals surface area contributed by atoms with Crippen LogP contribution in [0.1, 0.15) is 34.1 Å². The van der Waals surface area contributed by atoms with E-state index in [9.17, 15) is 4.79 Å². The van der Waals surface area contributed by atoms with Crippen molar-refractivity contribution in [1.82, 2.24) is 5.32 Å². The molecule has 1 N–H and O–H groups in total. The standard InChI is InChI=1S/C9H17NO/c1-6-7(9(2,3)4)5-8(11)10-6/h6-7H,5H2,1-4H3,(H,10,11). The Bertz CT molecular complexity index is 169. The average Bonchev–Trinajstić information content (AvgIpc) is 2.08. The molecule has 0 bridgehead atoms. The molecule has 0 aliphatic carbocycles. The highest BCUT2D eigenvalue weighted by molar-refractivity contribution is 5.79. The van der Waals surface area contributed by atoms with Crippen LogP contribution in [0.5, 0.6) is 0 Å². The van der Waals surface area contributed by atoms with Gasteiger partial charge in [-0.05, 0) is 18.3 Å². The Morgan fingerprint density at radius 2 is 2.00 bits per heavy atom. The SMILES string of the molecule is CC1NC(=O)CC1C(C)(C)C. The maximum Gasteiger partial charge on any atom is 0.220 e. The molecule has 1 aliphatic heterocycles. The first-order valence-electron chi connectivity index (χ1n) is 4.20. The van der Waals surface area contributed by atoms with E-state index in [1.165, 1.54) is 0 Å². The van der Waals surface area contributed by atoms with Crippen molar-refractivity contribution in [1.29, 1.82) is 0 Å². The monoisotopic (exact) mass is 155 g/mol. The normalized spacial score (nSPS) is 32.2. The second kappa shape index (κ2) is 2.50. The molecule has 11 heavy (non-hydrogen) atoms. The van der Waals surface area contributed by atoms with Crippen LogP contribution in [-0.2, 0) is 4.79 Å². The molecule has 1 aliphatic rings. The van der Waals surface area contributed by atoms with Crippen LogP contribution in [-0.4, -0.2) is 11.9 Å². The Labute approximate surface area is 68.4 Å². The van der Waals surface area contributed by atoms with E-state index in [1.54, 1.807) is 0 Å². The van der Waals surface area contributed by atoms with Crippen molar-refractivity contribution in [3.8, 4) is 0 Å². The summed E-state index contributed by atoms with van der Waals surface area (Å²) in [6.45, 7) is 8.65. The summed E-state index contributed by atoms with van der Waals surface area (Å²) in [6.07, 6.45) is 0.699. The fraction of sp³-hybridized carbons (Fsp3) is 0.889. The minimum Gasteiger partial charge on any atom is -0.353 e. The molecule has 2 atom stereocenters. The summed E-state index contributed by atoms with van der Waals surface area (Å²) in [5, 5.41) is 2.93. The Morgan fingerprint density at radius 3 is 2.18 bits per heavy atom. The van der Waals surface area contributed by atoms with Gasteiger partial charge in [0.1, 0.15) is 0 Å². The van der Waals surface area contributed by atoms with E-state index in [-0.39, 0.29) is 11.3 Å². The quantitative estimate of drug-likeness (QED) is 0.565. The van der Waals surface area contributed by atoms with Crippen LogP contribution in [0.15, 0.2) is 0 Å². The molecular weight excluding hydrogens is 138 g/mol. The predicted molar refractivity (Wildman–Crippen MR) is 45.2 cm³/mol. The molecule has 0 aromatic heterocycles. The van der Waals surface area contributed by atoms with Gasteiger partial charge in [0.05, 0.1) is 0 Å². The highest BCUT2D eigenvalue weighted by Crippen LogP contribution is 2.34. The molecule has 1 fully saturated rings. The fourth-order valence-electron chi connectivity index (χ4n) is 1.85. The number of hydrogen-bond donors (Lipinski definition) is 1. The third-order valence-electron chi connectivity index (χ3n) is 2.51. The van der Waals surface area contributed by atoms with Gasteiger partial charge < -0.3 is 5.32 Å². The van der Waals surface area contributed by atoms with E-state index in [0.717, 1.165) is 0 Å². The molecule has 1 amide bonds. The average molecular weight is 155 g/mol. The van der Waals surface area contributed by atoms with Gasteiger partial charge in [-0.25, -0.2) is 0 Å². The molecular formula is C9H17NO. The van der Waals surface area contributed by atoms with Crippen LogP contribution in [0, 0.1) is 11.3 Å². The minimum atomic E-state index is 0.206. The van der Waals surface area contributed by atoms with Gasteiger partial charge in [0, 0.05) is 12.5 Å². The Kier molecular flexibility index (Phi) is 1.95. The molecule has 1 heterocycles. The zero-order valence-electron chi connectivity index (χ0n) is 7.77. The minimum absolute atomic E-state index is 0.206. The lowest BCUT2D eigenvalue weighted by Gasteiger charge is -2.28. The highest BCUT2D eigenvalue weighted by Gasteiger charge is 2.36. The highest BCUT2D eigenvalue weighted by atomic mass is 16.1. The lowest BCUT2D eigenvalue weighted by molar-refractivity contribution is -0.119. The first kappa shape index (κ1) is 8.57. The number of amides is 1. The van der Waals surface area contributed by atoms with Gasteiger partial charge in [0.2, 0.25) is 5.91 Å². The smallest absolute Gasteiger partial charge is 0.220 e. The molecule has 1 saturated heterocycles. The first-order valence-corrected chi connectivity index (χ1v) is 4.20. The topological polar surface area (TPSA) is 29.1 Å². The van der Waals surface area contributed by atoms with Gasteiger partial charge in [-0.15, -0.1) is 0 Å². The van der Waals surface area contributed by atoms with E-state index in [0.29, 0.717) is 18.4 Å². The van der Waals surface area contributed by atoms with Crippen molar-refractivity contribution < 1.29 is 4.79 Å². The summed E-state index contributed by atoms with van der Waals surface area (Å²) in [7, 11) is 0. The second-order valence-corrected chi connectivity index (χ2v) is 4.53. The van der Waals surface area contributed by atoms with Crippen molar-refractivity contribution in [3.05, 3.63) is 0 Å². The van der Waals surface area contributed by atoms with Crippen molar-refractivity contribution >= 4 is 5.91 Å². The summed E-state index contributed by atoms with van der Waals surface area (Å²) >= 11 is 0. The van der Waals surface area contributed by atoms with Crippen LogP contribution >= 0.6 is 0 Å². The van der Waals surface area contributed by atoms with E-state index in [4.69, 9.17) is 0 Å². The zero-order valence-corrected chi connectivity index (χ0v) is 7.77. The molecule has 1 rings (SSSR count). The first-order chi connectivity index (χ1) is 4.91. The van der Waals surface area contributed by atoms with Crippen LogP contribution in [0.4, 0.5) is 0 Å². The third-order valence-corrected chi connectivity index (χ3v) is 2.51. The molecule has 0 aromatic carbocycles. The predicted octanol–water partition coefficient (Wildman–Crippen LogP) is 1.56. The van der Waals surface area contributed by atoms with Gasteiger partial charge in [0.25, 0.3) is 0 Å². The van der Waals surface area contributed by atoms with E-state index < -0.39 is 0 Å².